The number of carbonyl (C=O) groups excluding carboxylic acids is 1. The number of ether oxygens (including phenoxy) is 1. The molecule has 2 rings (SSSR count). The summed E-state index contributed by atoms with van der Waals surface area (Å²) in [5.41, 5.74) is 0.477. The maximum absolute atomic E-state index is 12.2. The molecule has 0 fully saturated rings. The summed E-state index contributed by atoms with van der Waals surface area (Å²) in [7, 11) is 0. The molecule has 1 aliphatic heterocycles. The molecule has 1 heterocycles. The van der Waals surface area contributed by atoms with Gasteiger partial charge in [0, 0.05) is 11.5 Å². The second-order valence-corrected chi connectivity index (χ2v) is 5.41. The SMILES string of the molecule is CC(C)(C)C#C/C=C1/C(=O)c2ccccc2OC1O. The van der Waals surface area contributed by atoms with Gasteiger partial charge in [-0.2, -0.15) is 0 Å². The summed E-state index contributed by atoms with van der Waals surface area (Å²) < 4.78 is 5.30. The molecular weight excluding hydrogens is 240 g/mol. The molecule has 1 aliphatic rings. The molecule has 1 aromatic rings. The van der Waals surface area contributed by atoms with Gasteiger partial charge in [-0.1, -0.05) is 24.0 Å². The van der Waals surface area contributed by atoms with Crippen molar-refractivity contribution in [1.29, 1.82) is 0 Å². The molecule has 0 saturated carbocycles. The van der Waals surface area contributed by atoms with Gasteiger partial charge in [0.1, 0.15) is 5.75 Å². The van der Waals surface area contributed by atoms with Crippen molar-refractivity contribution < 1.29 is 14.6 Å². The van der Waals surface area contributed by atoms with Crippen molar-refractivity contribution >= 4 is 5.78 Å². The Morgan fingerprint density at radius 1 is 1.32 bits per heavy atom. The normalized spacial score (nSPS) is 20.3. The van der Waals surface area contributed by atoms with Gasteiger partial charge in [0.15, 0.2) is 5.78 Å². The second kappa shape index (κ2) is 4.91. The van der Waals surface area contributed by atoms with E-state index in [1.165, 1.54) is 6.08 Å². The number of aliphatic hydroxyl groups is 1. The molecule has 0 radical (unpaired) electrons. The van der Waals surface area contributed by atoms with Crippen LogP contribution in [-0.2, 0) is 0 Å². The topological polar surface area (TPSA) is 46.5 Å². The fraction of sp³-hybridized carbons (Fsp3) is 0.312. The molecule has 0 bridgehead atoms. The lowest BCUT2D eigenvalue weighted by atomic mass is 9.96. The van der Waals surface area contributed by atoms with Crippen LogP contribution in [0.4, 0.5) is 0 Å². The van der Waals surface area contributed by atoms with Crippen molar-refractivity contribution in [2.75, 3.05) is 0 Å². The molecule has 19 heavy (non-hydrogen) atoms. The highest BCUT2D eigenvalue weighted by molar-refractivity contribution is 6.12. The van der Waals surface area contributed by atoms with Crippen LogP contribution in [0.3, 0.4) is 0 Å². The first kappa shape index (κ1) is 13.4. The zero-order valence-electron chi connectivity index (χ0n) is 11.2. The van der Waals surface area contributed by atoms with Gasteiger partial charge in [-0.25, -0.2) is 0 Å². The Balaban J connectivity index is 2.36. The number of hydrogen-bond acceptors (Lipinski definition) is 3. The Morgan fingerprint density at radius 3 is 2.68 bits per heavy atom. The van der Waals surface area contributed by atoms with Crippen molar-refractivity contribution in [3.05, 3.63) is 41.5 Å². The molecule has 3 heteroatoms. The van der Waals surface area contributed by atoms with Crippen molar-refractivity contribution in [3.8, 4) is 17.6 Å². The van der Waals surface area contributed by atoms with Gasteiger partial charge in [0.05, 0.1) is 11.1 Å². The van der Waals surface area contributed by atoms with Crippen LogP contribution in [-0.4, -0.2) is 17.2 Å². The largest absolute Gasteiger partial charge is 0.460 e. The predicted molar refractivity (Wildman–Crippen MR) is 72.7 cm³/mol. The van der Waals surface area contributed by atoms with Crippen LogP contribution < -0.4 is 4.74 Å². The summed E-state index contributed by atoms with van der Waals surface area (Å²) in [6.45, 7) is 5.93. The van der Waals surface area contributed by atoms with Crippen molar-refractivity contribution in [2.45, 2.75) is 27.1 Å². The molecular formula is C16H16O3. The first-order valence-corrected chi connectivity index (χ1v) is 6.10. The standard InChI is InChI=1S/C16H16O3/c1-16(2,3)10-6-8-12-14(17)11-7-4-5-9-13(11)19-15(12)18/h4-5,7-9,15,18H,1-3H3/b12-8-. The molecule has 0 aromatic heterocycles. The van der Waals surface area contributed by atoms with E-state index in [1.54, 1.807) is 24.3 Å². The van der Waals surface area contributed by atoms with E-state index < -0.39 is 6.29 Å². The molecule has 1 aromatic carbocycles. The number of carbonyl (C=O) groups is 1. The van der Waals surface area contributed by atoms with Crippen molar-refractivity contribution in [1.82, 2.24) is 0 Å². The molecule has 0 spiro atoms. The van der Waals surface area contributed by atoms with Crippen LogP contribution in [0.1, 0.15) is 31.1 Å². The maximum Gasteiger partial charge on any atom is 0.228 e. The van der Waals surface area contributed by atoms with Gasteiger partial charge < -0.3 is 9.84 Å². The minimum Gasteiger partial charge on any atom is -0.460 e. The van der Waals surface area contributed by atoms with E-state index in [-0.39, 0.29) is 16.8 Å². The number of Topliss-reactive ketones (excluding diaryl/α,β-unsaturated/α-hetero) is 1. The zero-order chi connectivity index (χ0) is 14.0. The van der Waals surface area contributed by atoms with Gasteiger partial charge in [-0.05, 0) is 32.9 Å². The number of aliphatic hydroxyl groups excluding tert-OH is 1. The number of ketones is 1. The van der Waals surface area contributed by atoms with E-state index in [1.807, 2.05) is 20.8 Å². The lowest BCUT2D eigenvalue weighted by Crippen LogP contribution is -2.29. The first-order valence-electron chi connectivity index (χ1n) is 6.10. The Morgan fingerprint density at radius 2 is 2.00 bits per heavy atom. The molecule has 0 aliphatic carbocycles. The van der Waals surface area contributed by atoms with E-state index in [0.29, 0.717) is 11.3 Å². The van der Waals surface area contributed by atoms with Gasteiger partial charge in [0.2, 0.25) is 6.29 Å². The smallest absolute Gasteiger partial charge is 0.228 e. The monoisotopic (exact) mass is 256 g/mol. The zero-order valence-corrected chi connectivity index (χ0v) is 11.2. The molecule has 1 unspecified atom stereocenters. The summed E-state index contributed by atoms with van der Waals surface area (Å²) in [5.74, 6) is 5.97. The highest BCUT2D eigenvalue weighted by atomic mass is 16.6. The minimum absolute atomic E-state index is 0.154. The number of fused-ring (bicyclic) bond motifs is 1. The first-order chi connectivity index (χ1) is 8.88. The van der Waals surface area contributed by atoms with Crippen LogP contribution >= 0.6 is 0 Å². The average molecular weight is 256 g/mol. The molecule has 3 nitrogen and oxygen atoms in total. The number of benzene rings is 1. The van der Waals surface area contributed by atoms with Crippen molar-refractivity contribution in [2.24, 2.45) is 5.41 Å². The van der Waals surface area contributed by atoms with E-state index in [4.69, 9.17) is 4.74 Å². The Labute approximate surface area is 112 Å². The van der Waals surface area contributed by atoms with E-state index >= 15 is 0 Å². The molecule has 1 N–H and O–H groups in total. The van der Waals surface area contributed by atoms with Gasteiger partial charge in [-0.15, -0.1) is 0 Å². The maximum atomic E-state index is 12.2. The molecule has 1 atom stereocenters. The van der Waals surface area contributed by atoms with Crippen LogP contribution in [0.25, 0.3) is 0 Å². The average Bonchev–Trinajstić information content (AvgIpc) is 2.32. The lowest BCUT2D eigenvalue weighted by molar-refractivity contribution is 0.00798. The third-order valence-corrected chi connectivity index (χ3v) is 2.57. The lowest BCUT2D eigenvalue weighted by Gasteiger charge is -2.23. The quantitative estimate of drug-likeness (QED) is 0.573. The summed E-state index contributed by atoms with van der Waals surface area (Å²) in [6.07, 6.45) is 0.186. The van der Waals surface area contributed by atoms with Crippen molar-refractivity contribution in [3.63, 3.8) is 0 Å². The molecule has 98 valence electrons. The highest BCUT2D eigenvalue weighted by Crippen LogP contribution is 2.29. The number of allylic oxidation sites excluding steroid dienone is 1. The summed E-state index contributed by atoms with van der Waals surface area (Å²) in [6, 6.07) is 6.85. The Bertz CT molecular complexity index is 594. The van der Waals surface area contributed by atoms with Gasteiger partial charge in [-0.3, -0.25) is 4.79 Å². The third-order valence-electron chi connectivity index (χ3n) is 2.57. The predicted octanol–water partition coefficient (Wildman–Crippen LogP) is 2.56. The Hall–Kier alpha value is -2.05. The summed E-state index contributed by atoms with van der Waals surface area (Å²) in [5, 5.41) is 9.84. The fourth-order valence-corrected chi connectivity index (χ4v) is 1.68. The second-order valence-electron chi connectivity index (χ2n) is 5.41. The van der Waals surface area contributed by atoms with Gasteiger partial charge in [0.25, 0.3) is 0 Å². The third kappa shape index (κ3) is 3.04. The number of para-hydroxylation sites is 1. The van der Waals surface area contributed by atoms with Crippen LogP contribution in [0.15, 0.2) is 35.9 Å². The van der Waals surface area contributed by atoms with E-state index in [2.05, 4.69) is 11.8 Å². The number of rotatable bonds is 0. The summed E-state index contributed by atoms with van der Waals surface area (Å²) in [4.78, 5) is 12.2. The highest BCUT2D eigenvalue weighted by Gasteiger charge is 2.29. The molecule has 0 amide bonds. The van der Waals surface area contributed by atoms with E-state index in [9.17, 15) is 9.90 Å². The fourth-order valence-electron chi connectivity index (χ4n) is 1.68. The van der Waals surface area contributed by atoms with Crippen LogP contribution in [0.5, 0.6) is 5.75 Å². The van der Waals surface area contributed by atoms with Crippen LogP contribution in [0, 0.1) is 17.3 Å². The van der Waals surface area contributed by atoms with E-state index in [0.717, 1.165) is 0 Å². The Kier molecular flexibility index (Phi) is 3.46. The molecule has 0 saturated heterocycles. The van der Waals surface area contributed by atoms with Crippen LogP contribution in [0.2, 0.25) is 0 Å². The minimum atomic E-state index is -1.25. The van der Waals surface area contributed by atoms with Gasteiger partial charge >= 0.3 is 0 Å². The summed E-state index contributed by atoms with van der Waals surface area (Å²) >= 11 is 0. The number of hydrogen-bond donors (Lipinski definition) is 1.